The highest BCUT2D eigenvalue weighted by Crippen LogP contribution is 2.44. The molecule has 0 saturated carbocycles. The van der Waals surface area contributed by atoms with E-state index in [9.17, 15) is 0 Å². The van der Waals surface area contributed by atoms with Gasteiger partial charge in [0.1, 0.15) is 0 Å². The number of ether oxygens (including phenoxy) is 1. The Balaban J connectivity index is 1.65. The van der Waals surface area contributed by atoms with Gasteiger partial charge in [0.2, 0.25) is 0 Å². The van der Waals surface area contributed by atoms with Crippen molar-refractivity contribution in [3.05, 3.63) is 16.8 Å². The molecule has 2 saturated heterocycles. The van der Waals surface area contributed by atoms with Crippen molar-refractivity contribution in [2.75, 3.05) is 5.73 Å². The van der Waals surface area contributed by atoms with Crippen LogP contribution < -0.4 is 5.73 Å². The molecule has 5 nitrogen and oxygen atoms in total. The van der Waals surface area contributed by atoms with Gasteiger partial charge in [-0.3, -0.25) is 0 Å². The summed E-state index contributed by atoms with van der Waals surface area (Å²) in [5.74, 6) is 1.59. The van der Waals surface area contributed by atoms with Gasteiger partial charge in [0.15, 0.2) is 5.82 Å². The van der Waals surface area contributed by atoms with Crippen molar-refractivity contribution < 1.29 is 9.26 Å². The molecule has 2 aromatic heterocycles. The average molecular weight is 277 g/mol. The maximum atomic E-state index is 5.96. The summed E-state index contributed by atoms with van der Waals surface area (Å²) in [6.45, 7) is 2.02. The Labute approximate surface area is 114 Å². The highest BCUT2D eigenvalue weighted by atomic mass is 32.1. The van der Waals surface area contributed by atoms with E-state index in [4.69, 9.17) is 15.0 Å². The van der Waals surface area contributed by atoms with Gasteiger partial charge in [0.05, 0.1) is 28.7 Å². The molecule has 2 N–H and O–H groups in total. The third-order valence-electron chi connectivity index (χ3n) is 3.99. The van der Waals surface area contributed by atoms with Crippen molar-refractivity contribution in [1.29, 1.82) is 0 Å². The zero-order valence-corrected chi connectivity index (χ0v) is 11.4. The van der Waals surface area contributed by atoms with E-state index in [1.807, 2.05) is 13.0 Å². The Bertz CT molecular complexity index is 621. The number of hydrogen-bond donors (Lipinski definition) is 1. The number of anilines is 1. The first-order valence-corrected chi connectivity index (χ1v) is 7.37. The van der Waals surface area contributed by atoms with Crippen molar-refractivity contribution in [2.45, 2.75) is 44.3 Å². The maximum absolute atomic E-state index is 5.96. The van der Waals surface area contributed by atoms with E-state index < -0.39 is 0 Å². The number of nitrogen functional groups attached to an aromatic ring is 1. The molecule has 100 valence electrons. The summed E-state index contributed by atoms with van der Waals surface area (Å²) in [5.41, 5.74) is 6.81. The topological polar surface area (TPSA) is 74.2 Å². The molecule has 3 unspecified atom stereocenters. The molecule has 3 atom stereocenters. The van der Waals surface area contributed by atoms with E-state index in [2.05, 4.69) is 10.1 Å². The summed E-state index contributed by atoms with van der Waals surface area (Å²) in [6.07, 6.45) is 3.96. The van der Waals surface area contributed by atoms with Crippen LogP contribution >= 0.6 is 11.3 Å². The molecule has 0 radical (unpaired) electrons. The number of aryl methyl sites for hydroxylation is 1. The van der Waals surface area contributed by atoms with Gasteiger partial charge in [-0.1, -0.05) is 5.16 Å². The zero-order chi connectivity index (χ0) is 13.0. The number of nitrogens with two attached hydrogens (primary N) is 1. The van der Waals surface area contributed by atoms with E-state index in [-0.39, 0.29) is 12.0 Å². The van der Waals surface area contributed by atoms with Gasteiger partial charge in [-0.15, -0.1) is 11.3 Å². The number of nitrogens with zero attached hydrogens (tertiary/aromatic N) is 2. The largest absolute Gasteiger partial charge is 0.390 e. The lowest BCUT2D eigenvalue weighted by Crippen LogP contribution is -2.15. The van der Waals surface area contributed by atoms with Crippen LogP contribution in [0.5, 0.6) is 0 Å². The van der Waals surface area contributed by atoms with Crippen LogP contribution in [0.2, 0.25) is 0 Å². The molecule has 4 rings (SSSR count). The molecule has 2 bridgehead atoms. The van der Waals surface area contributed by atoms with E-state index >= 15 is 0 Å². The number of aromatic nitrogens is 2. The minimum atomic E-state index is 0.275. The summed E-state index contributed by atoms with van der Waals surface area (Å²) in [5, 5.41) is 4.86. The zero-order valence-electron chi connectivity index (χ0n) is 10.6. The third-order valence-corrected chi connectivity index (χ3v) is 4.87. The molecule has 2 aliphatic rings. The first kappa shape index (κ1) is 11.4. The van der Waals surface area contributed by atoms with E-state index in [0.29, 0.717) is 12.0 Å². The molecule has 0 amide bonds. The predicted octanol–water partition coefficient (Wildman–Crippen LogP) is 2.72. The lowest BCUT2D eigenvalue weighted by molar-refractivity contribution is 0.0996. The van der Waals surface area contributed by atoms with Gasteiger partial charge < -0.3 is 15.0 Å². The third kappa shape index (κ3) is 1.78. The highest BCUT2D eigenvalue weighted by molar-refractivity contribution is 7.16. The second-order valence-electron chi connectivity index (χ2n) is 5.31. The number of rotatable bonds is 2. The lowest BCUT2D eigenvalue weighted by atomic mass is 9.89. The summed E-state index contributed by atoms with van der Waals surface area (Å²) in [4.78, 5) is 5.67. The molecular formula is C13H15N3O2S. The van der Waals surface area contributed by atoms with Gasteiger partial charge in [-0.05, 0) is 32.3 Å². The summed E-state index contributed by atoms with van der Waals surface area (Å²) in [6, 6.07) is 1.99. The van der Waals surface area contributed by atoms with Crippen molar-refractivity contribution in [2.24, 2.45) is 0 Å². The maximum Gasteiger partial charge on any atom is 0.260 e. The molecule has 0 spiro atoms. The van der Waals surface area contributed by atoms with Crippen LogP contribution in [-0.4, -0.2) is 22.3 Å². The number of fused-ring (bicyclic) bond motifs is 2. The lowest BCUT2D eigenvalue weighted by Gasteiger charge is -2.13. The fourth-order valence-electron chi connectivity index (χ4n) is 3.10. The summed E-state index contributed by atoms with van der Waals surface area (Å²) >= 11 is 1.54. The van der Waals surface area contributed by atoms with Gasteiger partial charge in [-0.2, -0.15) is 4.98 Å². The van der Waals surface area contributed by atoms with E-state index in [1.54, 1.807) is 11.3 Å². The summed E-state index contributed by atoms with van der Waals surface area (Å²) in [7, 11) is 0. The average Bonchev–Trinajstić information content (AvgIpc) is 3.11. The molecule has 0 aromatic carbocycles. The van der Waals surface area contributed by atoms with Crippen molar-refractivity contribution in [3.63, 3.8) is 0 Å². The van der Waals surface area contributed by atoms with Crippen LogP contribution in [-0.2, 0) is 4.74 Å². The first-order chi connectivity index (χ1) is 9.20. The second-order valence-corrected chi connectivity index (χ2v) is 6.60. The predicted molar refractivity (Wildman–Crippen MR) is 72.0 cm³/mol. The first-order valence-electron chi connectivity index (χ1n) is 6.56. The SMILES string of the molecule is Cc1cc(-c2nc(C3CC4CCC3O4)no2)c(N)s1. The quantitative estimate of drug-likeness (QED) is 0.913. The fraction of sp³-hybridized carbons (Fsp3) is 0.538. The standard InChI is InChI=1S/C13H15N3O2S/c1-6-4-9(11(14)19-6)13-15-12(16-18-13)8-5-7-2-3-10(8)17-7/h4,7-8,10H,2-3,5,14H2,1H3. The number of hydrogen-bond acceptors (Lipinski definition) is 6. The van der Waals surface area contributed by atoms with Crippen LogP contribution in [0, 0.1) is 6.92 Å². The Morgan fingerprint density at radius 3 is 2.95 bits per heavy atom. The fourth-order valence-corrected chi connectivity index (χ4v) is 3.88. The Kier molecular flexibility index (Phi) is 2.43. The smallest absolute Gasteiger partial charge is 0.260 e. The molecule has 2 fully saturated rings. The van der Waals surface area contributed by atoms with Crippen LogP contribution in [0.15, 0.2) is 10.6 Å². The van der Waals surface area contributed by atoms with Crippen molar-refractivity contribution >= 4 is 16.3 Å². The molecule has 6 heteroatoms. The van der Waals surface area contributed by atoms with Crippen LogP contribution in [0.3, 0.4) is 0 Å². The van der Waals surface area contributed by atoms with Gasteiger partial charge >= 0.3 is 0 Å². The van der Waals surface area contributed by atoms with Crippen LogP contribution in [0.25, 0.3) is 11.5 Å². The molecule has 19 heavy (non-hydrogen) atoms. The Morgan fingerprint density at radius 1 is 1.42 bits per heavy atom. The monoisotopic (exact) mass is 277 g/mol. The molecule has 2 aliphatic heterocycles. The minimum absolute atomic E-state index is 0.275. The van der Waals surface area contributed by atoms with Crippen molar-refractivity contribution in [1.82, 2.24) is 10.1 Å². The molecule has 2 aromatic rings. The summed E-state index contributed by atoms with van der Waals surface area (Å²) < 4.78 is 11.2. The Morgan fingerprint density at radius 2 is 2.32 bits per heavy atom. The minimum Gasteiger partial charge on any atom is -0.390 e. The van der Waals surface area contributed by atoms with Gasteiger partial charge in [0, 0.05) is 4.88 Å². The van der Waals surface area contributed by atoms with E-state index in [1.165, 1.54) is 6.42 Å². The highest BCUT2D eigenvalue weighted by Gasteiger charge is 2.43. The van der Waals surface area contributed by atoms with Crippen molar-refractivity contribution in [3.8, 4) is 11.5 Å². The van der Waals surface area contributed by atoms with Gasteiger partial charge in [0.25, 0.3) is 5.89 Å². The van der Waals surface area contributed by atoms with Crippen LogP contribution in [0.4, 0.5) is 5.00 Å². The second kappa shape index (κ2) is 4.05. The molecular weight excluding hydrogens is 262 g/mol. The van der Waals surface area contributed by atoms with Gasteiger partial charge in [-0.25, -0.2) is 0 Å². The molecule has 4 heterocycles. The number of thiophene rings is 1. The Hall–Kier alpha value is -1.40. The van der Waals surface area contributed by atoms with Crippen LogP contribution in [0.1, 0.15) is 35.9 Å². The van der Waals surface area contributed by atoms with E-state index in [0.717, 1.165) is 34.1 Å². The normalized spacial score (nSPS) is 29.2. The molecule has 0 aliphatic carbocycles.